The van der Waals surface area contributed by atoms with Crippen LogP contribution in [-0.4, -0.2) is 42.0 Å². The lowest BCUT2D eigenvalue weighted by Crippen LogP contribution is -2.35. The summed E-state index contributed by atoms with van der Waals surface area (Å²) in [4.78, 5) is 35.8. The number of esters is 1. The van der Waals surface area contributed by atoms with E-state index in [1.807, 2.05) is 44.2 Å². The van der Waals surface area contributed by atoms with Crippen molar-refractivity contribution in [2.75, 3.05) is 13.7 Å². The Morgan fingerprint density at radius 1 is 1.21 bits per heavy atom. The van der Waals surface area contributed by atoms with Crippen molar-refractivity contribution in [3.63, 3.8) is 0 Å². The predicted molar refractivity (Wildman–Crippen MR) is 107 cm³/mol. The molecule has 7 heteroatoms. The zero-order valence-corrected chi connectivity index (χ0v) is 17.0. The fourth-order valence-corrected chi connectivity index (χ4v) is 3.57. The SMILES string of the molecule is COc1ccc(CCn2c(C)cc(C(=O)COC(=O)[C@H]3CCC(=O)N3)c2C)cc1. The van der Waals surface area contributed by atoms with Crippen LogP contribution in [0.4, 0.5) is 0 Å². The Bertz CT molecular complexity index is 914. The highest BCUT2D eigenvalue weighted by Crippen LogP contribution is 2.18. The summed E-state index contributed by atoms with van der Waals surface area (Å²) in [6.07, 6.45) is 1.54. The van der Waals surface area contributed by atoms with Crippen LogP contribution in [-0.2, 0) is 27.3 Å². The first-order valence-electron chi connectivity index (χ1n) is 9.68. The Morgan fingerprint density at radius 2 is 1.93 bits per heavy atom. The highest BCUT2D eigenvalue weighted by Gasteiger charge is 2.29. The second kappa shape index (κ2) is 8.94. The molecule has 0 bridgehead atoms. The number of Topliss-reactive ketones (excluding diaryl/α,β-unsaturated/α-hetero) is 1. The first-order valence-corrected chi connectivity index (χ1v) is 9.68. The zero-order chi connectivity index (χ0) is 21.0. The van der Waals surface area contributed by atoms with Gasteiger partial charge in [0.25, 0.3) is 0 Å². The minimum absolute atomic E-state index is 0.168. The molecular formula is C22H26N2O5. The lowest BCUT2D eigenvalue weighted by atomic mass is 10.1. The number of carbonyl (C=O) groups excluding carboxylic acids is 3. The maximum atomic E-state index is 12.6. The lowest BCUT2D eigenvalue weighted by molar-refractivity contribution is -0.145. The van der Waals surface area contributed by atoms with Crippen molar-refractivity contribution in [3.05, 3.63) is 52.8 Å². The molecule has 2 aromatic rings. The topological polar surface area (TPSA) is 86.6 Å². The van der Waals surface area contributed by atoms with Gasteiger partial charge in [0.1, 0.15) is 11.8 Å². The van der Waals surface area contributed by atoms with E-state index in [4.69, 9.17) is 9.47 Å². The number of nitrogens with zero attached hydrogens (tertiary/aromatic N) is 1. The summed E-state index contributed by atoms with van der Waals surface area (Å²) >= 11 is 0. The van der Waals surface area contributed by atoms with Gasteiger partial charge in [0.15, 0.2) is 6.61 Å². The van der Waals surface area contributed by atoms with Crippen molar-refractivity contribution < 1.29 is 23.9 Å². The molecule has 1 fully saturated rings. The molecule has 2 heterocycles. The standard InChI is InChI=1S/C22H26N2O5/c1-14-12-18(20(25)13-29-22(27)19-8-9-21(26)23-19)15(2)24(14)11-10-16-4-6-17(28-3)7-5-16/h4-7,12,19H,8-11,13H2,1-3H3,(H,23,26)/t19-/m1/s1. The highest BCUT2D eigenvalue weighted by atomic mass is 16.5. The summed E-state index contributed by atoms with van der Waals surface area (Å²) in [7, 11) is 1.64. The summed E-state index contributed by atoms with van der Waals surface area (Å²) in [5, 5.41) is 2.54. The van der Waals surface area contributed by atoms with Crippen LogP contribution < -0.4 is 10.1 Å². The van der Waals surface area contributed by atoms with Gasteiger partial charge >= 0.3 is 5.97 Å². The van der Waals surface area contributed by atoms with E-state index in [1.54, 1.807) is 7.11 Å². The molecule has 7 nitrogen and oxygen atoms in total. The van der Waals surface area contributed by atoms with Crippen LogP contribution in [0.15, 0.2) is 30.3 Å². The highest BCUT2D eigenvalue weighted by molar-refractivity contribution is 5.99. The molecule has 0 spiro atoms. The molecule has 1 aliphatic heterocycles. The molecule has 0 radical (unpaired) electrons. The van der Waals surface area contributed by atoms with Crippen LogP contribution in [0.25, 0.3) is 0 Å². The number of carbonyl (C=O) groups is 3. The van der Waals surface area contributed by atoms with E-state index in [2.05, 4.69) is 9.88 Å². The lowest BCUT2D eigenvalue weighted by Gasteiger charge is -2.11. The maximum Gasteiger partial charge on any atom is 0.329 e. The Morgan fingerprint density at radius 3 is 2.55 bits per heavy atom. The molecule has 0 unspecified atom stereocenters. The van der Waals surface area contributed by atoms with Crippen LogP contribution in [0.3, 0.4) is 0 Å². The number of methoxy groups -OCH3 is 1. The van der Waals surface area contributed by atoms with Gasteiger partial charge in [-0.1, -0.05) is 12.1 Å². The minimum atomic E-state index is -0.646. The molecule has 0 aliphatic carbocycles. The third-order valence-corrected chi connectivity index (χ3v) is 5.28. The third kappa shape index (κ3) is 4.85. The Kier molecular flexibility index (Phi) is 6.36. The summed E-state index contributed by atoms with van der Waals surface area (Å²) in [5.74, 6) is -0.149. The number of ether oxygens (including phenoxy) is 2. The van der Waals surface area contributed by atoms with Gasteiger partial charge in [0.05, 0.1) is 7.11 Å². The van der Waals surface area contributed by atoms with Crippen molar-refractivity contribution in [2.24, 2.45) is 0 Å². The molecule has 1 aliphatic rings. The molecule has 3 rings (SSSR count). The fraction of sp³-hybridized carbons (Fsp3) is 0.409. The smallest absolute Gasteiger partial charge is 0.329 e. The molecule has 29 heavy (non-hydrogen) atoms. The minimum Gasteiger partial charge on any atom is -0.497 e. The van der Waals surface area contributed by atoms with Crippen LogP contribution in [0.1, 0.15) is 40.2 Å². The Balaban J connectivity index is 1.59. The summed E-state index contributed by atoms with van der Waals surface area (Å²) in [5.41, 5.74) is 3.57. The van der Waals surface area contributed by atoms with E-state index in [1.165, 1.54) is 5.56 Å². The van der Waals surface area contributed by atoms with E-state index < -0.39 is 12.0 Å². The van der Waals surface area contributed by atoms with Crippen molar-refractivity contribution in [3.8, 4) is 5.75 Å². The number of ketones is 1. The first-order chi connectivity index (χ1) is 13.9. The average Bonchev–Trinajstić information content (AvgIpc) is 3.28. The van der Waals surface area contributed by atoms with Gasteiger partial charge in [-0.2, -0.15) is 0 Å². The molecule has 1 amide bonds. The first kappa shape index (κ1) is 20.6. The van der Waals surface area contributed by atoms with E-state index >= 15 is 0 Å². The number of amides is 1. The number of hydrogen-bond acceptors (Lipinski definition) is 5. The van der Waals surface area contributed by atoms with Crippen molar-refractivity contribution in [1.82, 2.24) is 9.88 Å². The van der Waals surface area contributed by atoms with Crippen LogP contribution >= 0.6 is 0 Å². The van der Waals surface area contributed by atoms with Gasteiger partial charge in [-0.05, 0) is 50.5 Å². The number of aromatic nitrogens is 1. The largest absolute Gasteiger partial charge is 0.497 e. The predicted octanol–water partition coefficient (Wildman–Crippen LogP) is 2.36. The summed E-state index contributed by atoms with van der Waals surface area (Å²) in [6, 6.07) is 9.10. The second-order valence-electron chi connectivity index (χ2n) is 7.22. The van der Waals surface area contributed by atoms with Crippen molar-refractivity contribution in [2.45, 2.75) is 45.7 Å². The Labute approximate surface area is 170 Å². The molecular weight excluding hydrogens is 372 g/mol. The van der Waals surface area contributed by atoms with E-state index in [9.17, 15) is 14.4 Å². The number of hydrogen-bond donors (Lipinski definition) is 1. The fourth-order valence-electron chi connectivity index (χ4n) is 3.57. The number of rotatable bonds is 8. The second-order valence-corrected chi connectivity index (χ2v) is 7.22. The normalized spacial score (nSPS) is 15.8. The van der Waals surface area contributed by atoms with Crippen LogP contribution in [0.5, 0.6) is 5.75 Å². The molecule has 1 aromatic carbocycles. The van der Waals surface area contributed by atoms with E-state index in [0.717, 1.165) is 30.1 Å². The van der Waals surface area contributed by atoms with Gasteiger partial charge in [-0.3, -0.25) is 9.59 Å². The van der Waals surface area contributed by atoms with Gasteiger partial charge in [0, 0.05) is 29.9 Å². The number of benzene rings is 1. The molecule has 1 saturated heterocycles. The maximum absolute atomic E-state index is 12.6. The number of aryl methyl sites for hydroxylation is 2. The quantitative estimate of drug-likeness (QED) is 0.545. The van der Waals surface area contributed by atoms with E-state index in [-0.39, 0.29) is 18.3 Å². The summed E-state index contributed by atoms with van der Waals surface area (Å²) in [6.45, 7) is 4.27. The summed E-state index contributed by atoms with van der Waals surface area (Å²) < 4.78 is 12.4. The van der Waals surface area contributed by atoms with Crippen molar-refractivity contribution in [1.29, 1.82) is 0 Å². The monoisotopic (exact) mass is 398 g/mol. The molecule has 1 aromatic heterocycles. The Hall–Kier alpha value is -3.09. The third-order valence-electron chi connectivity index (χ3n) is 5.28. The molecule has 1 atom stereocenters. The van der Waals surface area contributed by atoms with Gasteiger partial charge in [-0.25, -0.2) is 4.79 Å². The molecule has 154 valence electrons. The van der Waals surface area contributed by atoms with E-state index in [0.29, 0.717) is 18.4 Å². The van der Waals surface area contributed by atoms with Crippen LogP contribution in [0, 0.1) is 13.8 Å². The van der Waals surface area contributed by atoms with Gasteiger partial charge in [-0.15, -0.1) is 0 Å². The van der Waals surface area contributed by atoms with Gasteiger partial charge < -0.3 is 19.4 Å². The van der Waals surface area contributed by atoms with Crippen LogP contribution in [0.2, 0.25) is 0 Å². The average molecular weight is 398 g/mol. The molecule has 0 saturated carbocycles. The number of nitrogens with one attached hydrogen (secondary N) is 1. The van der Waals surface area contributed by atoms with Gasteiger partial charge in [0.2, 0.25) is 11.7 Å². The van der Waals surface area contributed by atoms with Crippen molar-refractivity contribution >= 4 is 17.7 Å². The zero-order valence-electron chi connectivity index (χ0n) is 17.0. The molecule has 1 N–H and O–H groups in total.